The number of phenols is 1. The summed E-state index contributed by atoms with van der Waals surface area (Å²) in [6.07, 6.45) is 10.4. The number of rotatable bonds is 8. The molecule has 1 aliphatic rings. The van der Waals surface area contributed by atoms with E-state index in [9.17, 15) is 9.90 Å². The second-order valence-electron chi connectivity index (χ2n) is 16.4. The number of aldehydes is 1. The molecule has 0 saturated heterocycles. The minimum atomic E-state index is -0.0438. The van der Waals surface area contributed by atoms with Crippen molar-refractivity contribution in [1.29, 1.82) is 0 Å². The third-order valence-corrected chi connectivity index (χ3v) is 9.77. The molecular weight excluding hydrogens is 625 g/mol. The van der Waals surface area contributed by atoms with Crippen LogP contribution in [0.3, 0.4) is 0 Å². The van der Waals surface area contributed by atoms with E-state index in [1.807, 2.05) is 44.2 Å². The largest absolute Gasteiger partial charge is 0.507 e. The van der Waals surface area contributed by atoms with E-state index in [0.29, 0.717) is 12.2 Å². The normalized spacial score (nSPS) is 15.5. The van der Waals surface area contributed by atoms with E-state index in [1.165, 1.54) is 22.3 Å². The predicted molar refractivity (Wildman–Crippen MR) is 217 cm³/mol. The Balaban J connectivity index is 1.62. The van der Waals surface area contributed by atoms with Crippen LogP contribution in [0.15, 0.2) is 85.5 Å². The van der Waals surface area contributed by atoms with Gasteiger partial charge in [-0.05, 0) is 107 Å². The number of phenolic OH excluding ortho intramolecular Hbond substituents is 1. The van der Waals surface area contributed by atoms with Gasteiger partial charge in [0.2, 0.25) is 0 Å². The van der Waals surface area contributed by atoms with E-state index in [1.54, 1.807) is 0 Å². The van der Waals surface area contributed by atoms with Crippen molar-refractivity contribution < 1.29 is 14.6 Å². The first-order chi connectivity index (χ1) is 24.0. The second-order valence-corrected chi connectivity index (χ2v) is 16.4. The van der Waals surface area contributed by atoms with Gasteiger partial charge in [-0.25, -0.2) is 0 Å². The fourth-order valence-corrected chi connectivity index (χ4v) is 6.79. The summed E-state index contributed by atoms with van der Waals surface area (Å²) in [5.41, 5.74) is 13.6. The highest BCUT2D eigenvalue weighted by Crippen LogP contribution is 2.44. The third-order valence-electron chi connectivity index (χ3n) is 9.77. The molecule has 0 fully saturated rings. The number of aromatic hydroxyl groups is 1. The van der Waals surface area contributed by atoms with Gasteiger partial charge in [-0.1, -0.05) is 133 Å². The molecule has 51 heavy (non-hydrogen) atoms. The monoisotopic (exact) mass is 678 g/mol. The quantitative estimate of drug-likeness (QED) is 0.115. The smallest absolute Gasteiger partial charge is 0.150 e. The minimum absolute atomic E-state index is 0.0438. The van der Waals surface area contributed by atoms with Crippen LogP contribution in [0.1, 0.15) is 120 Å². The SMILES string of the molecule is C=C(/C(=C(\C)c1cccc(C2COc3c(ccc(C)c3/C=C\C(C)(C)C)C2)c1)c1ccc(C)c(/C=C\C(C)(C)C)c1O)c1ccc(C=O)cc1C. The Morgan fingerprint density at radius 1 is 0.804 bits per heavy atom. The lowest BCUT2D eigenvalue weighted by Gasteiger charge is -2.28. The van der Waals surface area contributed by atoms with Crippen LogP contribution in [0.5, 0.6) is 11.5 Å². The molecule has 1 unspecified atom stereocenters. The van der Waals surface area contributed by atoms with Gasteiger partial charge in [-0.15, -0.1) is 0 Å². The lowest BCUT2D eigenvalue weighted by atomic mass is 9.82. The van der Waals surface area contributed by atoms with Crippen LogP contribution in [0.4, 0.5) is 0 Å². The summed E-state index contributed by atoms with van der Waals surface area (Å²) in [6, 6.07) is 22.9. The maximum absolute atomic E-state index is 12.0. The van der Waals surface area contributed by atoms with Gasteiger partial charge in [-0.2, -0.15) is 0 Å². The van der Waals surface area contributed by atoms with E-state index < -0.39 is 0 Å². The average Bonchev–Trinajstić information content (AvgIpc) is 3.07. The van der Waals surface area contributed by atoms with Gasteiger partial charge < -0.3 is 9.84 Å². The lowest BCUT2D eigenvalue weighted by Crippen LogP contribution is -2.20. The van der Waals surface area contributed by atoms with E-state index >= 15 is 0 Å². The van der Waals surface area contributed by atoms with E-state index in [-0.39, 0.29) is 22.5 Å². The third kappa shape index (κ3) is 8.53. The number of ether oxygens (including phenoxy) is 1. The molecule has 0 bridgehead atoms. The lowest BCUT2D eigenvalue weighted by molar-refractivity contribution is 0.112. The Morgan fingerprint density at radius 2 is 1.43 bits per heavy atom. The average molecular weight is 679 g/mol. The molecule has 264 valence electrons. The Morgan fingerprint density at radius 3 is 2.08 bits per heavy atom. The number of allylic oxidation sites excluding steroid dienone is 5. The van der Waals surface area contributed by atoms with Crippen molar-refractivity contribution in [2.75, 3.05) is 6.61 Å². The summed E-state index contributed by atoms with van der Waals surface area (Å²) in [5, 5.41) is 12.0. The number of carbonyl (C=O) groups is 1. The van der Waals surface area contributed by atoms with Gasteiger partial charge in [0.1, 0.15) is 17.8 Å². The van der Waals surface area contributed by atoms with Crippen LogP contribution in [0, 0.1) is 31.6 Å². The van der Waals surface area contributed by atoms with Crippen LogP contribution in [-0.4, -0.2) is 18.0 Å². The van der Waals surface area contributed by atoms with Gasteiger partial charge in [0.05, 0.1) is 6.61 Å². The topological polar surface area (TPSA) is 46.5 Å². The van der Waals surface area contributed by atoms with E-state index in [0.717, 1.165) is 68.6 Å². The number of carbonyl (C=O) groups excluding carboxylic acids is 1. The van der Waals surface area contributed by atoms with Crippen molar-refractivity contribution in [3.63, 3.8) is 0 Å². The first-order valence-corrected chi connectivity index (χ1v) is 18.0. The van der Waals surface area contributed by atoms with Crippen LogP contribution in [-0.2, 0) is 6.42 Å². The summed E-state index contributed by atoms with van der Waals surface area (Å²) in [5.74, 6) is 1.42. The molecule has 1 atom stereocenters. The molecule has 1 aliphatic heterocycles. The van der Waals surface area contributed by atoms with Crippen molar-refractivity contribution in [1.82, 2.24) is 0 Å². The second kappa shape index (κ2) is 14.8. The molecule has 5 rings (SSSR count). The maximum Gasteiger partial charge on any atom is 0.150 e. The summed E-state index contributed by atoms with van der Waals surface area (Å²) >= 11 is 0. The Labute approximate surface area is 306 Å². The van der Waals surface area contributed by atoms with Crippen LogP contribution in [0.25, 0.3) is 28.9 Å². The number of fused-ring (bicyclic) bond motifs is 1. The highest BCUT2D eigenvalue weighted by atomic mass is 16.5. The Hall–Kier alpha value is -4.89. The molecule has 0 amide bonds. The fourth-order valence-electron chi connectivity index (χ4n) is 6.79. The van der Waals surface area contributed by atoms with E-state index in [4.69, 9.17) is 4.74 Å². The minimum Gasteiger partial charge on any atom is -0.507 e. The van der Waals surface area contributed by atoms with Crippen molar-refractivity contribution in [2.24, 2.45) is 10.8 Å². The fraction of sp³-hybridized carbons (Fsp3) is 0.312. The number of benzene rings is 4. The van der Waals surface area contributed by atoms with E-state index in [2.05, 4.69) is 123 Å². The van der Waals surface area contributed by atoms with Gasteiger partial charge in [0.15, 0.2) is 0 Å². The van der Waals surface area contributed by atoms with Gasteiger partial charge in [0.25, 0.3) is 0 Å². The predicted octanol–water partition coefficient (Wildman–Crippen LogP) is 12.6. The zero-order valence-corrected chi connectivity index (χ0v) is 32.2. The van der Waals surface area contributed by atoms with Crippen LogP contribution in [0.2, 0.25) is 0 Å². The van der Waals surface area contributed by atoms with Crippen molar-refractivity contribution in [3.8, 4) is 11.5 Å². The maximum atomic E-state index is 12.0. The Bertz CT molecular complexity index is 2070. The first kappa shape index (κ1) is 37.4. The molecule has 4 aromatic carbocycles. The zero-order chi connectivity index (χ0) is 37.2. The highest BCUT2D eigenvalue weighted by Gasteiger charge is 2.26. The number of aryl methyl sites for hydroxylation is 3. The molecule has 4 aromatic rings. The summed E-state index contributed by atoms with van der Waals surface area (Å²) in [4.78, 5) is 11.6. The Kier molecular flexibility index (Phi) is 10.8. The molecule has 0 aromatic heterocycles. The number of hydrogen-bond donors (Lipinski definition) is 1. The summed E-state index contributed by atoms with van der Waals surface area (Å²) in [6.45, 7) is 26.6. The summed E-state index contributed by atoms with van der Waals surface area (Å²) in [7, 11) is 0. The highest BCUT2D eigenvalue weighted by molar-refractivity contribution is 6.15. The summed E-state index contributed by atoms with van der Waals surface area (Å²) < 4.78 is 6.56. The molecule has 0 saturated carbocycles. The van der Waals surface area contributed by atoms with Crippen molar-refractivity contribution in [3.05, 3.63) is 147 Å². The van der Waals surface area contributed by atoms with Crippen LogP contribution >= 0.6 is 0 Å². The molecule has 1 heterocycles. The van der Waals surface area contributed by atoms with Crippen molar-refractivity contribution >= 4 is 35.2 Å². The van der Waals surface area contributed by atoms with Gasteiger partial charge in [-0.3, -0.25) is 4.79 Å². The molecule has 0 radical (unpaired) electrons. The molecule has 0 aliphatic carbocycles. The standard InChI is InChI=1S/C48H54O3/c1-30-16-19-43(45(50)41(30)21-23-47(6,7)8)44(34(5)40-20-17-35(28-49)25-32(40)3)33(4)36-13-12-14-37(26-36)39-27-38-18-15-31(2)42(46(38)51-29-39)22-24-48(9,10)11/h12-26,28,39,50H,5,27,29H2,1-4,6-11H3/b23-21-,24-22-,44-33-. The molecular formula is C48H54O3. The van der Waals surface area contributed by atoms with Crippen LogP contribution < -0.4 is 4.74 Å². The molecule has 3 heteroatoms. The number of hydrogen-bond acceptors (Lipinski definition) is 3. The zero-order valence-electron chi connectivity index (χ0n) is 32.2. The van der Waals surface area contributed by atoms with Gasteiger partial charge in [0, 0.05) is 28.2 Å². The first-order valence-electron chi connectivity index (χ1n) is 18.0. The molecule has 0 spiro atoms. The molecule has 3 nitrogen and oxygen atoms in total. The molecule has 1 N–H and O–H groups in total. The van der Waals surface area contributed by atoms with Gasteiger partial charge >= 0.3 is 0 Å². The van der Waals surface area contributed by atoms with Crippen molar-refractivity contribution in [2.45, 2.75) is 81.6 Å².